The molecule has 0 radical (unpaired) electrons. The summed E-state index contributed by atoms with van der Waals surface area (Å²) < 4.78 is 20.2. The summed E-state index contributed by atoms with van der Waals surface area (Å²) in [5, 5.41) is 0. The van der Waals surface area contributed by atoms with Crippen molar-refractivity contribution in [2.24, 2.45) is 10.9 Å². The molecule has 3 unspecified atom stereocenters. The Bertz CT molecular complexity index is 1150. The Hall–Kier alpha value is -3.08. The smallest absolute Gasteiger partial charge is 0.315 e. The molecule has 2 aliphatic carbocycles. The van der Waals surface area contributed by atoms with Gasteiger partial charge in [-0.05, 0) is 68.2 Å². The second-order valence-corrected chi connectivity index (χ2v) is 9.76. The summed E-state index contributed by atoms with van der Waals surface area (Å²) in [7, 11) is 0. The Morgan fingerprint density at radius 1 is 0.971 bits per heavy atom. The molecule has 2 aromatic rings. The molecule has 0 saturated heterocycles. The second-order valence-electron chi connectivity index (χ2n) is 9.76. The lowest BCUT2D eigenvalue weighted by Gasteiger charge is -2.37. The average Bonchev–Trinajstić information content (AvgIpc) is 2.84. The number of carbonyl (C=O) groups excluding carboxylic acids is 2. The highest BCUT2D eigenvalue weighted by Gasteiger charge is 2.45. The van der Waals surface area contributed by atoms with E-state index in [1.165, 1.54) is 12.1 Å². The molecular formula is C29H30FNO3. The molecule has 1 heterocycles. The van der Waals surface area contributed by atoms with E-state index in [2.05, 4.69) is 0 Å². The van der Waals surface area contributed by atoms with E-state index in [9.17, 15) is 14.0 Å². The molecule has 1 saturated carbocycles. The van der Waals surface area contributed by atoms with Gasteiger partial charge in [0.1, 0.15) is 17.8 Å². The van der Waals surface area contributed by atoms with Crippen molar-refractivity contribution in [3.8, 4) is 0 Å². The van der Waals surface area contributed by atoms with Gasteiger partial charge in [0.05, 0.1) is 0 Å². The summed E-state index contributed by atoms with van der Waals surface area (Å²) in [6.45, 7) is 1.83. The number of esters is 1. The molecule has 0 aromatic heterocycles. The summed E-state index contributed by atoms with van der Waals surface area (Å²) in [5.41, 5.74) is 3.64. The van der Waals surface area contributed by atoms with E-state index in [1.54, 1.807) is 12.1 Å². The van der Waals surface area contributed by atoms with Crippen LogP contribution in [0.4, 0.5) is 4.39 Å². The van der Waals surface area contributed by atoms with Gasteiger partial charge in [-0.15, -0.1) is 0 Å². The number of carbonyl (C=O) groups is 2. The third kappa shape index (κ3) is 4.48. The van der Waals surface area contributed by atoms with E-state index < -0.39 is 11.8 Å². The Balaban J connectivity index is 1.53. The zero-order valence-electron chi connectivity index (χ0n) is 19.5. The molecule has 34 heavy (non-hydrogen) atoms. The van der Waals surface area contributed by atoms with Crippen LogP contribution in [0.1, 0.15) is 74.8 Å². The Kier molecular flexibility index (Phi) is 6.44. The molecule has 0 N–H and O–H groups in total. The third-order valence-electron chi connectivity index (χ3n) is 7.46. The topological polar surface area (TPSA) is 55.7 Å². The maximum atomic E-state index is 14.3. The van der Waals surface area contributed by atoms with E-state index in [-0.39, 0.29) is 29.6 Å². The number of ether oxygens (including phenoxy) is 1. The van der Waals surface area contributed by atoms with Crippen LogP contribution >= 0.6 is 0 Å². The summed E-state index contributed by atoms with van der Waals surface area (Å²) in [4.78, 5) is 31.9. The lowest BCUT2D eigenvalue weighted by atomic mass is 9.69. The highest BCUT2D eigenvalue weighted by molar-refractivity contribution is 6.09. The third-order valence-corrected chi connectivity index (χ3v) is 7.46. The van der Waals surface area contributed by atoms with Crippen molar-refractivity contribution < 1.29 is 18.7 Å². The fourth-order valence-corrected chi connectivity index (χ4v) is 5.81. The van der Waals surface area contributed by atoms with Gasteiger partial charge in [-0.3, -0.25) is 14.6 Å². The SMILES string of the molecule is CC1=NC2=C(C(=O)CC(c3ccccc3)C2)C(c2cccc(F)c2)C1C(=O)OC1CCCCC1. The van der Waals surface area contributed by atoms with Crippen LogP contribution in [-0.4, -0.2) is 23.6 Å². The minimum Gasteiger partial charge on any atom is -0.462 e. The number of allylic oxidation sites excluding steroid dienone is 2. The maximum Gasteiger partial charge on any atom is 0.315 e. The Labute approximate surface area is 199 Å². The molecular weight excluding hydrogens is 429 g/mol. The van der Waals surface area contributed by atoms with Gasteiger partial charge in [0, 0.05) is 29.3 Å². The van der Waals surface area contributed by atoms with Crippen LogP contribution in [0.3, 0.4) is 0 Å². The first-order chi connectivity index (χ1) is 16.5. The fourth-order valence-electron chi connectivity index (χ4n) is 5.81. The van der Waals surface area contributed by atoms with Crippen molar-refractivity contribution in [2.45, 2.75) is 69.8 Å². The van der Waals surface area contributed by atoms with E-state index in [1.807, 2.05) is 37.3 Å². The summed E-state index contributed by atoms with van der Waals surface area (Å²) in [6.07, 6.45) is 5.89. The molecule has 5 heteroatoms. The number of halogens is 1. The van der Waals surface area contributed by atoms with Gasteiger partial charge < -0.3 is 4.74 Å². The van der Waals surface area contributed by atoms with Crippen LogP contribution < -0.4 is 0 Å². The Morgan fingerprint density at radius 3 is 2.44 bits per heavy atom. The van der Waals surface area contributed by atoms with Crippen LogP contribution in [0.15, 0.2) is 70.9 Å². The molecule has 176 valence electrons. The number of hydrogen-bond donors (Lipinski definition) is 0. The van der Waals surface area contributed by atoms with Gasteiger partial charge in [-0.25, -0.2) is 4.39 Å². The van der Waals surface area contributed by atoms with Crippen LogP contribution in [0, 0.1) is 11.7 Å². The number of nitrogens with zero attached hydrogens (tertiary/aromatic N) is 1. The van der Waals surface area contributed by atoms with Crippen molar-refractivity contribution in [3.63, 3.8) is 0 Å². The summed E-state index contributed by atoms with van der Waals surface area (Å²) in [6, 6.07) is 16.2. The highest BCUT2D eigenvalue weighted by atomic mass is 19.1. The number of aliphatic imine (C=N–C) groups is 1. The fraction of sp³-hybridized carbons (Fsp3) is 0.414. The van der Waals surface area contributed by atoms with Gasteiger partial charge in [-0.2, -0.15) is 0 Å². The zero-order valence-corrected chi connectivity index (χ0v) is 19.5. The molecule has 0 bridgehead atoms. The summed E-state index contributed by atoms with van der Waals surface area (Å²) >= 11 is 0. The van der Waals surface area contributed by atoms with Gasteiger partial charge in [-0.1, -0.05) is 48.9 Å². The van der Waals surface area contributed by atoms with Crippen molar-refractivity contribution in [1.82, 2.24) is 0 Å². The molecule has 0 amide bonds. The highest BCUT2D eigenvalue weighted by Crippen LogP contribution is 2.47. The molecule has 3 aliphatic rings. The van der Waals surface area contributed by atoms with E-state index in [0.717, 1.165) is 43.4 Å². The van der Waals surface area contributed by atoms with E-state index >= 15 is 0 Å². The monoisotopic (exact) mass is 459 g/mol. The maximum absolute atomic E-state index is 14.3. The lowest BCUT2D eigenvalue weighted by molar-refractivity contribution is -0.153. The average molecular weight is 460 g/mol. The zero-order chi connectivity index (χ0) is 23.7. The van der Waals surface area contributed by atoms with E-state index in [0.29, 0.717) is 29.7 Å². The van der Waals surface area contributed by atoms with Crippen molar-refractivity contribution in [1.29, 1.82) is 0 Å². The Morgan fingerprint density at radius 2 is 1.71 bits per heavy atom. The minimum atomic E-state index is -0.722. The normalized spacial score (nSPS) is 25.5. The standard InChI is InChI=1S/C29H30FNO3/c1-18-26(29(33)34-23-13-6-3-7-14-23)27(20-11-8-12-22(30)15-20)28-24(31-18)16-21(17-25(28)32)19-9-4-2-5-10-19/h2,4-5,8-12,15,21,23,26-27H,3,6-7,13-14,16-17H2,1H3. The van der Waals surface area contributed by atoms with Crippen molar-refractivity contribution >= 4 is 17.5 Å². The molecule has 4 nitrogen and oxygen atoms in total. The molecule has 0 spiro atoms. The first kappa shape index (κ1) is 22.7. The van der Waals surface area contributed by atoms with Crippen LogP contribution in [0.2, 0.25) is 0 Å². The van der Waals surface area contributed by atoms with Gasteiger partial charge in [0.15, 0.2) is 5.78 Å². The number of benzene rings is 2. The quantitative estimate of drug-likeness (QED) is 0.506. The molecule has 1 aliphatic heterocycles. The molecule has 2 aromatic carbocycles. The second kappa shape index (κ2) is 9.65. The van der Waals surface area contributed by atoms with Gasteiger partial charge in [0.25, 0.3) is 0 Å². The van der Waals surface area contributed by atoms with Crippen molar-refractivity contribution in [2.75, 3.05) is 0 Å². The van der Waals surface area contributed by atoms with Gasteiger partial charge >= 0.3 is 5.97 Å². The minimum absolute atomic E-state index is 0.0175. The summed E-state index contributed by atoms with van der Waals surface area (Å²) in [5.74, 6) is -2.02. The predicted octanol–water partition coefficient (Wildman–Crippen LogP) is 6.28. The first-order valence-electron chi connectivity index (χ1n) is 12.3. The van der Waals surface area contributed by atoms with E-state index in [4.69, 9.17) is 9.73 Å². The first-order valence-corrected chi connectivity index (χ1v) is 12.3. The van der Waals surface area contributed by atoms with Gasteiger partial charge in [0.2, 0.25) is 0 Å². The predicted molar refractivity (Wildman–Crippen MR) is 129 cm³/mol. The van der Waals surface area contributed by atoms with Crippen LogP contribution in [0.5, 0.6) is 0 Å². The number of ketones is 1. The largest absolute Gasteiger partial charge is 0.462 e. The van der Waals surface area contributed by atoms with Crippen molar-refractivity contribution in [3.05, 3.63) is 82.8 Å². The number of rotatable bonds is 4. The number of Topliss-reactive ketones (excluding diaryl/α,β-unsaturated/α-hetero) is 1. The molecule has 1 fully saturated rings. The molecule has 3 atom stereocenters. The molecule has 5 rings (SSSR count). The number of hydrogen-bond acceptors (Lipinski definition) is 4. The van der Waals surface area contributed by atoms with Crippen LogP contribution in [-0.2, 0) is 14.3 Å². The van der Waals surface area contributed by atoms with Crippen LogP contribution in [0.25, 0.3) is 0 Å². The lowest BCUT2D eigenvalue weighted by Crippen LogP contribution is -2.39.